The van der Waals surface area contributed by atoms with Crippen LogP contribution in [0.4, 0.5) is 20.2 Å². The largest absolute Gasteiger partial charge is 0.326 e. The average molecular weight is 330 g/mol. The summed E-state index contributed by atoms with van der Waals surface area (Å²) < 4.78 is 26.4. The summed E-state index contributed by atoms with van der Waals surface area (Å²) in [5.41, 5.74) is 1.60. The fourth-order valence-electron chi connectivity index (χ4n) is 2.55. The first-order chi connectivity index (χ1) is 11.4. The lowest BCUT2D eigenvalue weighted by Gasteiger charge is -2.07. The quantitative estimate of drug-likeness (QED) is 0.901. The monoisotopic (exact) mass is 330 g/mol. The first kappa shape index (κ1) is 16.1. The fraction of sp³-hybridized carbons (Fsp3) is 0.222. The maximum Gasteiger partial charge on any atom is 0.228 e. The maximum atomic E-state index is 13.5. The second-order valence-corrected chi connectivity index (χ2v) is 5.92. The van der Waals surface area contributed by atoms with Crippen LogP contribution in [0.3, 0.4) is 0 Å². The van der Waals surface area contributed by atoms with Gasteiger partial charge in [-0.05, 0) is 43.2 Å². The Labute approximate surface area is 137 Å². The van der Waals surface area contributed by atoms with Crippen molar-refractivity contribution in [3.8, 4) is 0 Å². The van der Waals surface area contributed by atoms with Crippen molar-refractivity contribution in [2.75, 3.05) is 10.6 Å². The van der Waals surface area contributed by atoms with Crippen molar-refractivity contribution >= 4 is 23.2 Å². The summed E-state index contributed by atoms with van der Waals surface area (Å²) in [4.78, 5) is 24.2. The van der Waals surface area contributed by atoms with Crippen molar-refractivity contribution in [3.63, 3.8) is 0 Å². The van der Waals surface area contributed by atoms with Crippen LogP contribution in [0, 0.1) is 30.4 Å². The molecule has 2 aromatic carbocycles. The summed E-state index contributed by atoms with van der Waals surface area (Å²) in [5, 5.41) is 5.17. The number of carbonyl (C=O) groups is 2. The van der Waals surface area contributed by atoms with E-state index in [-0.39, 0.29) is 11.6 Å². The van der Waals surface area contributed by atoms with Crippen LogP contribution < -0.4 is 10.6 Å². The van der Waals surface area contributed by atoms with E-state index in [4.69, 9.17) is 0 Å². The Kier molecular flexibility index (Phi) is 4.29. The minimum absolute atomic E-state index is 0.0915. The standard InChI is InChI=1S/C18H16F2N2O2/c1-10-3-2-4-12(7-10)21-17(23)13-9-14(13)18(24)22-16-6-5-11(19)8-15(16)20/h2-8,13-14H,9H2,1H3,(H,21,23)(H,22,24). The predicted molar refractivity (Wildman–Crippen MR) is 86.4 cm³/mol. The van der Waals surface area contributed by atoms with Crippen LogP contribution in [0.1, 0.15) is 12.0 Å². The molecular weight excluding hydrogens is 314 g/mol. The third-order valence-electron chi connectivity index (χ3n) is 3.94. The van der Waals surface area contributed by atoms with E-state index < -0.39 is 29.4 Å². The molecular formula is C18H16F2N2O2. The first-order valence-corrected chi connectivity index (χ1v) is 7.57. The summed E-state index contributed by atoms with van der Waals surface area (Å²) in [5.74, 6) is -3.17. The lowest BCUT2D eigenvalue weighted by Crippen LogP contribution is -2.21. The molecule has 0 bridgehead atoms. The third kappa shape index (κ3) is 3.59. The van der Waals surface area contributed by atoms with Gasteiger partial charge in [0.15, 0.2) is 0 Å². The van der Waals surface area contributed by atoms with Crippen LogP contribution in [0.2, 0.25) is 0 Å². The number of hydrogen-bond donors (Lipinski definition) is 2. The molecule has 6 heteroatoms. The molecule has 2 aromatic rings. The highest BCUT2D eigenvalue weighted by Gasteiger charge is 2.48. The molecule has 1 fully saturated rings. The maximum absolute atomic E-state index is 13.5. The topological polar surface area (TPSA) is 58.2 Å². The smallest absolute Gasteiger partial charge is 0.228 e. The first-order valence-electron chi connectivity index (χ1n) is 7.57. The normalized spacial score (nSPS) is 18.8. The lowest BCUT2D eigenvalue weighted by atomic mass is 10.2. The van der Waals surface area contributed by atoms with Crippen molar-refractivity contribution in [3.05, 3.63) is 59.7 Å². The van der Waals surface area contributed by atoms with Gasteiger partial charge in [-0.15, -0.1) is 0 Å². The van der Waals surface area contributed by atoms with E-state index in [0.717, 1.165) is 17.7 Å². The summed E-state index contributed by atoms with van der Waals surface area (Å²) in [6.45, 7) is 1.92. The van der Waals surface area contributed by atoms with Gasteiger partial charge < -0.3 is 10.6 Å². The van der Waals surface area contributed by atoms with Crippen molar-refractivity contribution in [2.24, 2.45) is 11.8 Å². The minimum atomic E-state index is -0.843. The highest BCUT2D eigenvalue weighted by atomic mass is 19.1. The van der Waals surface area contributed by atoms with Gasteiger partial charge in [-0.3, -0.25) is 9.59 Å². The molecule has 1 aliphatic rings. The third-order valence-corrected chi connectivity index (χ3v) is 3.94. The van der Waals surface area contributed by atoms with Crippen LogP contribution in [0.15, 0.2) is 42.5 Å². The van der Waals surface area contributed by atoms with Crippen LogP contribution in [0.25, 0.3) is 0 Å². The van der Waals surface area contributed by atoms with E-state index in [0.29, 0.717) is 18.2 Å². The summed E-state index contributed by atoms with van der Waals surface area (Å²) in [6.07, 6.45) is 0.409. The second-order valence-electron chi connectivity index (χ2n) is 5.92. The predicted octanol–water partition coefficient (Wildman–Crippen LogP) is 3.49. The number of nitrogens with one attached hydrogen (secondary N) is 2. The van der Waals surface area contributed by atoms with E-state index >= 15 is 0 Å². The van der Waals surface area contributed by atoms with Crippen molar-refractivity contribution in [1.82, 2.24) is 0 Å². The molecule has 1 aliphatic carbocycles. The van der Waals surface area contributed by atoms with Gasteiger partial charge in [-0.2, -0.15) is 0 Å². The van der Waals surface area contributed by atoms with Gasteiger partial charge in [0.05, 0.1) is 17.5 Å². The van der Waals surface area contributed by atoms with Gasteiger partial charge in [-0.1, -0.05) is 12.1 Å². The SMILES string of the molecule is Cc1cccc(NC(=O)C2CC2C(=O)Nc2ccc(F)cc2F)c1. The Morgan fingerprint density at radius 3 is 2.38 bits per heavy atom. The molecule has 2 unspecified atom stereocenters. The highest BCUT2D eigenvalue weighted by Crippen LogP contribution is 2.40. The molecule has 0 spiro atoms. The minimum Gasteiger partial charge on any atom is -0.326 e. The number of halogens is 2. The van der Waals surface area contributed by atoms with Crippen molar-refractivity contribution in [1.29, 1.82) is 0 Å². The van der Waals surface area contributed by atoms with Crippen LogP contribution in [0.5, 0.6) is 0 Å². The highest BCUT2D eigenvalue weighted by molar-refractivity contribution is 6.03. The van der Waals surface area contributed by atoms with E-state index in [1.54, 1.807) is 6.07 Å². The Morgan fingerprint density at radius 2 is 1.71 bits per heavy atom. The molecule has 0 aliphatic heterocycles. The zero-order valence-corrected chi connectivity index (χ0v) is 13.0. The molecule has 0 heterocycles. The van der Waals surface area contributed by atoms with E-state index in [1.807, 2.05) is 25.1 Å². The Balaban J connectivity index is 1.58. The van der Waals surface area contributed by atoms with Gasteiger partial charge >= 0.3 is 0 Å². The molecule has 2 amide bonds. The molecule has 0 radical (unpaired) electrons. The van der Waals surface area contributed by atoms with Crippen LogP contribution in [-0.2, 0) is 9.59 Å². The number of carbonyl (C=O) groups excluding carboxylic acids is 2. The summed E-state index contributed by atoms with van der Waals surface area (Å²) >= 11 is 0. The number of benzene rings is 2. The van der Waals surface area contributed by atoms with Gasteiger partial charge in [0.2, 0.25) is 11.8 Å². The molecule has 0 aromatic heterocycles. The Bertz CT molecular complexity index is 807. The number of rotatable bonds is 4. The van der Waals surface area contributed by atoms with E-state index in [9.17, 15) is 18.4 Å². The van der Waals surface area contributed by atoms with Crippen LogP contribution in [-0.4, -0.2) is 11.8 Å². The lowest BCUT2D eigenvalue weighted by molar-refractivity contribution is -0.122. The second kappa shape index (κ2) is 6.39. The fourth-order valence-corrected chi connectivity index (χ4v) is 2.55. The number of anilines is 2. The van der Waals surface area contributed by atoms with Crippen molar-refractivity contribution < 1.29 is 18.4 Å². The molecule has 2 atom stereocenters. The van der Waals surface area contributed by atoms with Gasteiger partial charge in [0.25, 0.3) is 0 Å². The molecule has 24 heavy (non-hydrogen) atoms. The Morgan fingerprint density at radius 1 is 1.00 bits per heavy atom. The van der Waals surface area contributed by atoms with Crippen molar-refractivity contribution in [2.45, 2.75) is 13.3 Å². The molecule has 3 rings (SSSR count). The zero-order valence-electron chi connectivity index (χ0n) is 13.0. The molecule has 124 valence electrons. The number of aryl methyl sites for hydroxylation is 1. The zero-order chi connectivity index (χ0) is 17.3. The molecule has 1 saturated carbocycles. The van der Waals surface area contributed by atoms with Crippen LogP contribution >= 0.6 is 0 Å². The average Bonchev–Trinajstić information content (AvgIpc) is 3.31. The number of amides is 2. The summed E-state index contributed by atoms with van der Waals surface area (Å²) in [7, 11) is 0. The number of hydrogen-bond acceptors (Lipinski definition) is 2. The van der Waals surface area contributed by atoms with Gasteiger partial charge in [0.1, 0.15) is 11.6 Å². The Hall–Kier alpha value is -2.76. The molecule has 0 saturated heterocycles. The molecule has 4 nitrogen and oxygen atoms in total. The van der Waals surface area contributed by atoms with Gasteiger partial charge in [-0.25, -0.2) is 8.78 Å². The molecule has 2 N–H and O–H groups in total. The summed E-state index contributed by atoms with van der Waals surface area (Å²) in [6, 6.07) is 10.3. The van der Waals surface area contributed by atoms with Gasteiger partial charge in [0, 0.05) is 11.8 Å². The van der Waals surface area contributed by atoms with E-state index in [1.165, 1.54) is 0 Å². The van der Waals surface area contributed by atoms with E-state index in [2.05, 4.69) is 10.6 Å².